The number of aliphatic carboxylic acids is 1. The smallest absolute Gasteiger partial charge is 0.341 e. The molecule has 0 aliphatic carbocycles. The van der Waals surface area contributed by atoms with Gasteiger partial charge in [-0.05, 0) is 132 Å². The molecule has 73 heavy (non-hydrogen) atoms. The fourth-order valence-electron chi connectivity index (χ4n) is 8.12. The van der Waals surface area contributed by atoms with E-state index < -0.39 is 79.2 Å². The van der Waals surface area contributed by atoms with E-state index in [1.54, 1.807) is 50.2 Å². The van der Waals surface area contributed by atoms with Crippen LogP contribution in [0.5, 0.6) is 17.2 Å². The van der Waals surface area contributed by atoms with Gasteiger partial charge in [0.2, 0.25) is 11.8 Å². The lowest BCUT2D eigenvalue weighted by atomic mass is 9.94. The average Bonchev–Trinajstić information content (AvgIpc) is 3.62. The predicted octanol–water partition coefficient (Wildman–Crippen LogP) is 5.17. The van der Waals surface area contributed by atoms with E-state index in [1.165, 1.54) is 30.4 Å². The van der Waals surface area contributed by atoms with Crippen molar-refractivity contribution in [2.75, 3.05) is 46.1 Å². The zero-order valence-electron chi connectivity index (χ0n) is 40.2. The number of carbonyl (C=O) groups excluding carboxylic acids is 8. The van der Waals surface area contributed by atoms with Gasteiger partial charge in [-0.3, -0.25) is 39.0 Å². The molecule has 5 aromatic rings. The molecule has 1 fully saturated rings. The van der Waals surface area contributed by atoms with E-state index in [1.807, 2.05) is 43.3 Å². The molecular weight excluding hydrogens is 945 g/mol. The zero-order chi connectivity index (χ0) is 52.2. The Balaban J connectivity index is 0.828. The third-order valence-electron chi connectivity index (χ3n) is 11.9. The summed E-state index contributed by atoms with van der Waals surface area (Å²) in [5.74, 6) is -6.67. The summed E-state index contributed by atoms with van der Waals surface area (Å²) in [6.45, 7) is 4.52. The molecule has 4 N–H and O–H groups in total. The number of esters is 2. The number of carbonyl (C=O) groups is 9. The number of hydrogen-bond donors (Lipinski definition) is 4. The fraction of sp³-hybridized carbons (Fsp3) is 0.278. The number of imide groups is 2. The minimum absolute atomic E-state index is 0.0617. The first-order valence-corrected chi connectivity index (χ1v) is 23.4. The van der Waals surface area contributed by atoms with Crippen molar-refractivity contribution in [2.45, 2.75) is 46.1 Å². The van der Waals surface area contributed by atoms with Crippen LogP contribution < -0.4 is 30.2 Å². The molecule has 19 heteroatoms. The number of carboxylic acid groups (broad SMARTS) is 1. The molecule has 7 rings (SSSR count). The van der Waals surface area contributed by atoms with Crippen molar-refractivity contribution in [3.05, 3.63) is 125 Å². The second kappa shape index (κ2) is 23.8. The van der Waals surface area contributed by atoms with Crippen LogP contribution in [0.2, 0.25) is 0 Å². The van der Waals surface area contributed by atoms with Crippen LogP contribution in [0.1, 0.15) is 71.9 Å². The molecule has 2 unspecified atom stereocenters. The van der Waals surface area contributed by atoms with Gasteiger partial charge in [0.25, 0.3) is 23.6 Å². The molecule has 378 valence electrons. The first-order chi connectivity index (χ1) is 35.1. The van der Waals surface area contributed by atoms with Crippen molar-refractivity contribution in [2.24, 2.45) is 5.92 Å². The largest absolute Gasteiger partial charge is 0.484 e. The number of amides is 6. The molecule has 6 amide bonds. The molecule has 5 aromatic carbocycles. The normalized spacial score (nSPS) is 15.6. The predicted molar refractivity (Wildman–Crippen MR) is 264 cm³/mol. The maximum absolute atomic E-state index is 13.8. The standard InChI is InChI=1S/C54H52N4O15/c1-4-69-48(63)20-31(2)33-10-12-37-24-40(16-14-35(37)22-33)70-28-45(59)55-18-5-6-19-56-46(60)29-72-44-9-7-8-42-50(44)54(68)58(53(42)67)43-26-39(51(65)57-52(43)66)27-73-49(64)21-32(3)34-11-13-38-25-41(71-30-47(61)62)17-15-36(38)23-34/h7-17,20-25,39,43H,4-6,18-19,26-30H2,1-3H3,(H,55,59)(H,56,60)(H,61,62)(H,57,65,66)/b31-20+,32-21+. The van der Waals surface area contributed by atoms with Crippen LogP contribution in [-0.4, -0.2) is 116 Å². The maximum Gasteiger partial charge on any atom is 0.341 e. The summed E-state index contributed by atoms with van der Waals surface area (Å²) in [6, 6.07) is 24.5. The monoisotopic (exact) mass is 996 g/mol. The van der Waals surface area contributed by atoms with Gasteiger partial charge in [-0.2, -0.15) is 0 Å². The topological polar surface area (TPSA) is 259 Å². The number of nitrogens with zero attached hydrogens (tertiary/aromatic N) is 1. The molecule has 0 spiro atoms. The van der Waals surface area contributed by atoms with Gasteiger partial charge >= 0.3 is 17.9 Å². The Morgan fingerprint density at radius 2 is 1.19 bits per heavy atom. The van der Waals surface area contributed by atoms with Gasteiger partial charge in [-0.15, -0.1) is 0 Å². The number of benzene rings is 5. The Labute approximate surface area is 418 Å². The summed E-state index contributed by atoms with van der Waals surface area (Å²) in [7, 11) is 0. The number of unbranched alkanes of at least 4 members (excludes halogenated alkanes) is 1. The molecule has 0 radical (unpaired) electrons. The van der Waals surface area contributed by atoms with Crippen LogP contribution in [0.4, 0.5) is 0 Å². The van der Waals surface area contributed by atoms with Gasteiger partial charge in [-0.1, -0.05) is 42.5 Å². The van der Waals surface area contributed by atoms with Gasteiger partial charge in [0.1, 0.15) is 29.9 Å². The van der Waals surface area contributed by atoms with Crippen molar-refractivity contribution >= 4 is 86.0 Å². The summed E-state index contributed by atoms with van der Waals surface area (Å²) in [4.78, 5) is 115. The van der Waals surface area contributed by atoms with Gasteiger partial charge in [0, 0.05) is 25.2 Å². The molecule has 2 heterocycles. The van der Waals surface area contributed by atoms with E-state index in [2.05, 4.69) is 16.0 Å². The Kier molecular flexibility index (Phi) is 17.0. The first-order valence-electron chi connectivity index (χ1n) is 23.4. The van der Waals surface area contributed by atoms with Crippen molar-refractivity contribution < 1.29 is 71.9 Å². The van der Waals surface area contributed by atoms with E-state index in [0.29, 0.717) is 48.6 Å². The summed E-state index contributed by atoms with van der Waals surface area (Å²) in [5.41, 5.74) is 2.66. The number of allylic oxidation sites excluding steroid dienone is 2. The quantitative estimate of drug-likeness (QED) is 0.0302. The van der Waals surface area contributed by atoms with Gasteiger partial charge in [-0.25, -0.2) is 14.4 Å². The lowest BCUT2D eigenvalue weighted by molar-refractivity contribution is -0.146. The van der Waals surface area contributed by atoms with Crippen LogP contribution in [-0.2, 0) is 43.0 Å². The van der Waals surface area contributed by atoms with Crippen molar-refractivity contribution in [1.82, 2.24) is 20.9 Å². The minimum atomic E-state index is -1.42. The van der Waals surface area contributed by atoms with E-state index >= 15 is 0 Å². The molecule has 2 aliphatic heterocycles. The zero-order valence-corrected chi connectivity index (χ0v) is 40.2. The van der Waals surface area contributed by atoms with Crippen LogP contribution in [0.3, 0.4) is 0 Å². The highest BCUT2D eigenvalue weighted by Gasteiger charge is 2.48. The molecule has 0 bridgehead atoms. The Morgan fingerprint density at radius 1 is 0.658 bits per heavy atom. The number of rotatable bonds is 22. The summed E-state index contributed by atoms with van der Waals surface area (Å²) in [6.07, 6.45) is 3.43. The molecule has 2 aliphatic rings. The van der Waals surface area contributed by atoms with Crippen molar-refractivity contribution in [3.8, 4) is 17.2 Å². The third kappa shape index (κ3) is 13.3. The Morgan fingerprint density at radius 3 is 1.77 bits per heavy atom. The summed E-state index contributed by atoms with van der Waals surface area (Å²) in [5, 5.41) is 20.0. The van der Waals surface area contributed by atoms with E-state index in [0.717, 1.165) is 37.6 Å². The number of hydrogen-bond acceptors (Lipinski definition) is 14. The summed E-state index contributed by atoms with van der Waals surface area (Å²) < 4.78 is 27.0. The highest BCUT2D eigenvalue weighted by Crippen LogP contribution is 2.35. The van der Waals surface area contributed by atoms with Crippen LogP contribution in [0.25, 0.3) is 32.7 Å². The second-order valence-electron chi connectivity index (χ2n) is 17.1. The van der Waals surface area contributed by atoms with Crippen LogP contribution in [0, 0.1) is 5.92 Å². The molecule has 1 saturated heterocycles. The number of piperidine rings is 1. The first kappa shape index (κ1) is 52.0. The minimum Gasteiger partial charge on any atom is -0.484 e. The van der Waals surface area contributed by atoms with E-state index in [9.17, 15) is 43.2 Å². The number of fused-ring (bicyclic) bond motifs is 3. The highest BCUT2D eigenvalue weighted by atomic mass is 16.5. The van der Waals surface area contributed by atoms with Gasteiger partial charge in [0.15, 0.2) is 19.8 Å². The molecule has 2 atom stereocenters. The van der Waals surface area contributed by atoms with Crippen LogP contribution >= 0.6 is 0 Å². The van der Waals surface area contributed by atoms with Crippen LogP contribution in [0.15, 0.2) is 103 Å². The Bertz CT molecular complexity index is 3090. The van der Waals surface area contributed by atoms with Gasteiger partial charge < -0.3 is 39.4 Å². The molecular formula is C54H52N4O15. The lowest BCUT2D eigenvalue weighted by Crippen LogP contribution is -2.58. The molecule has 19 nitrogen and oxygen atoms in total. The molecule has 0 saturated carbocycles. The van der Waals surface area contributed by atoms with Crippen molar-refractivity contribution in [1.29, 1.82) is 0 Å². The fourth-order valence-corrected chi connectivity index (χ4v) is 8.12. The maximum atomic E-state index is 13.8. The summed E-state index contributed by atoms with van der Waals surface area (Å²) >= 11 is 0. The second-order valence-corrected chi connectivity index (χ2v) is 17.1. The number of carboxylic acids is 1. The van der Waals surface area contributed by atoms with Crippen molar-refractivity contribution in [3.63, 3.8) is 0 Å². The third-order valence-corrected chi connectivity index (χ3v) is 11.9. The Hall–Kier alpha value is -8.87. The lowest BCUT2D eigenvalue weighted by Gasteiger charge is -2.32. The van der Waals surface area contributed by atoms with Gasteiger partial charge in [0.05, 0.1) is 23.7 Å². The number of nitrogens with one attached hydrogen (secondary N) is 3. The SMILES string of the molecule is CCOC(=O)/C=C(\C)c1ccc2cc(OCC(=O)NCCCCNC(=O)COc3cccc4c3C(=O)N(C3CC(COC(=O)/C=C(\C)c5ccc6cc(OCC(=O)O)ccc6c5)C(=O)NC3=O)C4=O)ccc2c1. The number of ether oxygens (including phenoxy) is 5. The molecule has 0 aromatic heterocycles. The van der Waals surface area contributed by atoms with E-state index in [4.69, 9.17) is 28.8 Å². The average molecular weight is 997 g/mol. The van der Waals surface area contributed by atoms with E-state index in [-0.39, 0.29) is 42.4 Å². The highest BCUT2D eigenvalue weighted by molar-refractivity contribution is 6.24.